The van der Waals surface area contributed by atoms with E-state index in [0.29, 0.717) is 0 Å². The second-order valence-corrected chi connectivity index (χ2v) is 4.99. The molecule has 17 heavy (non-hydrogen) atoms. The molecule has 1 aromatic carbocycles. The molecule has 1 rings (SSSR count). The highest BCUT2D eigenvalue weighted by atomic mass is 16.4. The summed E-state index contributed by atoms with van der Waals surface area (Å²) in [5.74, 6) is 0. The van der Waals surface area contributed by atoms with Crippen LogP contribution in [0.15, 0.2) is 30.3 Å². The molecular formula is C13H19NO3. The summed E-state index contributed by atoms with van der Waals surface area (Å²) in [4.78, 5) is 12.4. The number of aliphatic hydroxyl groups is 1. The first kappa shape index (κ1) is 13.5. The van der Waals surface area contributed by atoms with Crippen LogP contribution >= 0.6 is 0 Å². The van der Waals surface area contributed by atoms with Crippen molar-refractivity contribution in [1.29, 1.82) is 0 Å². The maximum absolute atomic E-state index is 11.1. The molecule has 0 spiro atoms. The first-order valence-electron chi connectivity index (χ1n) is 5.56. The smallest absolute Gasteiger partial charge is 0.407 e. The van der Waals surface area contributed by atoms with E-state index < -0.39 is 17.7 Å². The lowest BCUT2D eigenvalue weighted by Crippen LogP contribution is -2.46. The van der Waals surface area contributed by atoms with E-state index in [9.17, 15) is 9.90 Å². The molecule has 0 aromatic heterocycles. The highest BCUT2D eigenvalue weighted by molar-refractivity contribution is 5.66. The van der Waals surface area contributed by atoms with E-state index in [1.807, 2.05) is 18.2 Å². The van der Waals surface area contributed by atoms with Crippen LogP contribution in [0.3, 0.4) is 0 Å². The molecule has 2 N–H and O–H groups in total. The number of aliphatic hydroxyl groups excluding tert-OH is 1. The van der Waals surface area contributed by atoms with E-state index >= 15 is 0 Å². The molecule has 0 aliphatic rings. The average Bonchev–Trinajstić information content (AvgIpc) is 2.24. The Labute approximate surface area is 101 Å². The zero-order valence-electron chi connectivity index (χ0n) is 10.4. The van der Waals surface area contributed by atoms with Crippen molar-refractivity contribution in [2.24, 2.45) is 0 Å². The van der Waals surface area contributed by atoms with E-state index in [4.69, 9.17) is 5.11 Å². The van der Waals surface area contributed by atoms with Gasteiger partial charge in [0.2, 0.25) is 0 Å². The van der Waals surface area contributed by atoms with Gasteiger partial charge in [-0.15, -0.1) is 0 Å². The topological polar surface area (TPSA) is 60.8 Å². The molecule has 0 saturated carbocycles. The molecule has 4 nitrogen and oxygen atoms in total. The molecule has 0 unspecified atom stereocenters. The Kier molecular flexibility index (Phi) is 4.12. The Morgan fingerprint density at radius 1 is 1.29 bits per heavy atom. The quantitative estimate of drug-likeness (QED) is 0.849. The minimum atomic E-state index is -1.02. The maximum Gasteiger partial charge on any atom is 0.407 e. The Balaban J connectivity index is 2.79. The second kappa shape index (κ2) is 5.19. The summed E-state index contributed by atoms with van der Waals surface area (Å²) in [5.41, 5.74) is 0.199. The molecule has 0 fully saturated rings. The van der Waals surface area contributed by atoms with Crippen molar-refractivity contribution < 1.29 is 15.0 Å². The summed E-state index contributed by atoms with van der Waals surface area (Å²) in [6.07, 6.45) is -1.82. The highest BCUT2D eigenvalue weighted by Crippen LogP contribution is 2.20. The zero-order valence-corrected chi connectivity index (χ0v) is 10.4. The summed E-state index contributed by atoms with van der Waals surface area (Å²) >= 11 is 0. The van der Waals surface area contributed by atoms with Crippen LogP contribution in [0.1, 0.15) is 32.4 Å². The maximum atomic E-state index is 11.1. The Bertz CT molecular complexity index is 370. The van der Waals surface area contributed by atoms with Crippen molar-refractivity contribution in [3.8, 4) is 0 Å². The van der Waals surface area contributed by atoms with E-state index in [0.717, 1.165) is 5.56 Å². The van der Waals surface area contributed by atoms with Crippen LogP contribution in [-0.4, -0.2) is 33.3 Å². The van der Waals surface area contributed by atoms with Crippen molar-refractivity contribution >= 4 is 6.09 Å². The molecule has 0 radical (unpaired) electrons. The second-order valence-electron chi connectivity index (χ2n) is 4.99. The first-order valence-corrected chi connectivity index (χ1v) is 5.56. The number of carbonyl (C=O) groups is 1. The van der Waals surface area contributed by atoms with Crippen molar-refractivity contribution in [2.75, 3.05) is 6.54 Å². The Hall–Kier alpha value is -1.55. The highest BCUT2D eigenvalue weighted by Gasteiger charge is 2.28. The van der Waals surface area contributed by atoms with Gasteiger partial charge >= 0.3 is 6.09 Å². The predicted molar refractivity (Wildman–Crippen MR) is 65.9 cm³/mol. The molecule has 4 heteroatoms. The molecule has 1 atom stereocenters. The number of rotatable bonds is 3. The summed E-state index contributed by atoms with van der Waals surface area (Å²) in [5, 5.41) is 19.1. The largest absolute Gasteiger partial charge is 0.465 e. The van der Waals surface area contributed by atoms with Gasteiger partial charge in [0.1, 0.15) is 0 Å². The normalized spacial score (nSPS) is 13.2. The SMILES string of the molecule is CC(C)(C)N(C[C@H](O)c1ccccc1)C(=O)O. The number of hydrogen-bond acceptors (Lipinski definition) is 2. The molecule has 1 amide bonds. The van der Waals surface area contributed by atoms with Gasteiger partial charge in [0.05, 0.1) is 12.6 Å². The van der Waals surface area contributed by atoms with Crippen molar-refractivity contribution in [2.45, 2.75) is 32.4 Å². The fourth-order valence-electron chi connectivity index (χ4n) is 1.59. The number of amides is 1. The van der Waals surface area contributed by atoms with Crippen LogP contribution in [0.5, 0.6) is 0 Å². The fraction of sp³-hybridized carbons (Fsp3) is 0.462. The molecule has 0 bridgehead atoms. The van der Waals surface area contributed by atoms with Gasteiger partial charge in [0.25, 0.3) is 0 Å². The van der Waals surface area contributed by atoms with Crippen LogP contribution in [0.25, 0.3) is 0 Å². The van der Waals surface area contributed by atoms with Crippen LogP contribution in [0, 0.1) is 0 Å². The minimum absolute atomic E-state index is 0.0723. The van der Waals surface area contributed by atoms with Gasteiger partial charge < -0.3 is 15.1 Å². The number of benzene rings is 1. The molecular weight excluding hydrogens is 218 g/mol. The van der Waals surface area contributed by atoms with Crippen molar-refractivity contribution in [3.63, 3.8) is 0 Å². The van der Waals surface area contributed by atoms with E-state index in [1.165, 1.54) is 4.90 Å². The van der Waals surface area contributed by atoms with Crippen LogP contribution in [0.2, 0.25) is 0 Å². The van der Waals surface area contributed by atoms with E-state index in [1.54, 1.807) is 32.9 Å². The monoisotopic (exact) mass is 237 g/mol. The number of β-amino-alcohol motifs (C(OH)–C–C–N with tert-alkyl or cyclic N) is 1. The minimum Gasteiger partial charge on any atom is -0.465 e. The zero-order chi connectivity index (χ0) is 13.1. The van der Waals surface area contributed by atoms with Gasteiger partial charge in [0.15, 0.2) is 0 Å². The van der Waals surface area contributed by atoms with Crippen molar-refractivity contribution in [3.05, 3.63) is 35.9 Å². The third-order valence-corrected chi connectivity index (χ3v) is 2.58. The molecule has 0 aliphatic carbocycles. The van der Waals surface area contributed by atoms with Crippen LogP contribution in [-0.2, 0) is 0 Å². The fourth-order valence-corrected chi connectivity index (χ4v) is 1.59. The van der Waals surface area contributed by atoms with Crippen LogP contribution in [0.4, 0.5) is 4.79 Å². The molecule has 1 aromatic rings. The van der Waals surface area contributed by atoms with Gasteiger partial charge in [-0.2, -0.15) is 0 Å². The van der Waals surface area contributed by atoms with Gasteiger partial charge in [-0.05, 0) is 26.3 Å². The lowest BCUT2D eigenvalue weighted by Gasteiger charge is -2.34. The molecule has 0 heterocycles. The summed E-state index contributed by atoms with van der Waals surface area (Å²) in [6, 6.07) is 9.07. The summed E-state index contributed by atoms with van der Waals surface area (Å²) < 4.78 is 0. The summed E-state index contributed by atoms with van der Waals surface area (Å²) in [6.45, 7) is 5.49. The van der Waals surface area contributed by atoms with Gasteiger partial charge in [0, 0.05) is 5.54 Å². The lowest BCUT2D eigenvalue weighted by molar-refractivity contribution is 0.0556. The lowest BCUT2D eigenvalue weighted by atomic mass is 10.0. The van der Waals surface area contributed by atoms with Gasteiger partial charge in [-0.25, -0.2) is 4.79 Å². The summed E-state index contributed by atoms with van der Waals surface area (Å²) in [7, 11) is 0. The van der Waals surface area contributed by atoms with Gasteiger partial charge in [-0.3, -0.25) is 0 Å². The Morgan fingerprint density at radius 2 is 1.82 bits per heavy atom. The number of hydrogen-bond donors (Lipinski definition) is 2. The number of carboxylic acid groups (broad SMARTS) is 1. The predicted octanol–water partition coefficient (Wildman–Crippen LogP) is 2.50. The molecule has 0 aliphatic heterocycles. The molecule has 94 valence electrons. The number of nitrogens with zero attached hydrogens (tertiary/aromatic N) is 1. The third kappa shape index (κ3) is 3.75. The van der Waals surface area contributed by atoms with E-state index in [2.05, 4.69) is 0 Å². The average molecular weight is 237 g/mol. The molecule has 0 saturated heterocycles. The van der Waals surface area contributed by atoms with Crippen LogP contribution < -0.4 is 0 Å². The van der Waals surface area contributed by atoms with Gasteiger partial charge in [-0.1, -0.05) is 30.3 Å². The van der Waals surface area contributed by atoms with Crippen molar-refractivity contribution in [1.82, 2.24) is 4.90 Å². The van der Waals surface area contributed by atoms with E-state index in [-0.39, 0.29) is 6.54 Å². The third-order valence-electron chi connectivity index (χ3n) is 2.58. The Morgan fingerprint density at radius 3 is 2.24 bits per heavy atom. The first-order chi connectivity index (χ1) is 7.82. The standard InChI is InChI=1S/C13H19NO3/c1-13(2,3)14(12(16)17)9-11(15)10-7-5-4-6-8-10/h4-8,11,15H,9H2,1-3H3,(H,16,17)/t11-/m0/s1.